The predicted molar refractivity (Wildman–Crippen MR) is 122 cm³/mol. The third kappa shape index (κ3) is 6.48. The topological polar surface area (TPSA) is 134 Å². The Bertz CT molecular complexity index is 1300. The standard InChI is InChI=1S/C24H17FN4O5/c25-18-8-10-19(11-9-18)27-23(30)15-34-22-7-2-1-4-16(22)12-17(14-26)24(31)28-20-5-3-6-21(13-20)29(32)33/h1-13H,15H2,(H,27,30)(H,28,31)/b17-12-. The van der Waals surface area contributed by atoms with Gasteiger partial charge in [0, 0.05) is 29.1 Å². The van der Waals surface area contributed by atoms with Crippen LogP contribution in [0.5, 0.6) is 5.75 Å². The van der Waals surface area contributed by atoms with Gasteiger partial charge in [-0.3, -0.25) is 19.7 Å². The van der Waals surface area contributed by atoms with E-state index in [-0.39, 0.29) is 29.3 Å². The molecular weight excluding hydrogens is 443 g/mol. The molecule has 0 aliphatic rings. The van der Waals surface area contributed by atoms with Gasteiger partial charge in [-0.1, -0.05) is 24.3 Å². The van der Waals surface area contributed by atoms with Gasteiger partial charge < -0.3 is 15.4 Å². The Balaban J connectivity index is 1.70. The zero-order valence-electron chi connectivity index (χ0n) is 17.5. The maximum absolute atomic E-state index is 13.0. The lowest BCUT2D eigenvalue weighted by Crippen LogP contribution is -2.20. The van der Waals surface area contributed by atoms with E-state index < -0.39 is 22.6 Å². The van der Waals surface area contributed by atoms with Crippen LogP contribution < -0.4 is 15.4 Å². The summed E-state index contributed by atoms with van der Waals surface area (Å²) >= 11 is 0. The molecule has 0 saturated carbocycles. The van der Waals surface area contributed by atoms with Crippen molar-refractivity contribution < 1.29 is 23.6 Å². The first-order chi connectivity index (χ1) is 16.4. The van der Waals surface area contributed by atoms with Gasteiger partial charge >= 0.3 is 0 Å². The van der Waals surface area contributed by atoms with E-state index in [0.29, 0.717) is 11.3 Å². The molecule has 0 heterocycles. The van der Waals surface area contributed by atoms with Crippen LogP contribution in [0, 0.1) is 27.3 Å². The Morgan fingerprint density at radius 1 is 1.03 bits per heavy atom. The second kappa shape index (κ2) is 11.0. The van der Waals surface area contributed by atoms with E-state index in [1.54, 1.807) is 30.3 Å². The van der Waals surface area contributed by atoms with Crippen LogP contribution in [0.2, 0.25) is 0 Å². The van der Waals surface area contributed by atoms with Gasteiger partial charge in [0.15, 0.2) is 6.61 Å². The Labute approximate surface area is 193 Å². The number of rotatable bonds is 8. The lowest BCUT2D eigenvalue weighted by Gasteiger charge is -2.10. The molecule has 0 unspecified atom stereocenters. The van der Waals surface area contributed by atoms with E-state index in [1.807, 2.05) is 0 Å². The molecule has 3 aromatic carbocycles. The van der Waals surface area contributed by atoms with Crippen molar-refractivity contribution in [3.05, 3.63) is 99.9 Å². The van der Waals surface area contributed by atoms with E-state index in [1.165, 1.54) is 54.6 Å². The maximum atomic E-state index is 13.0. The molecule has 0 atom stereocenters. The first kappa shape index (κ1) is 23.6. The maximum Gasteiger partial charge on any atom is 0.271 e. The summed E-state index contributed by atoms with van der Waals surface area (Å²) in [5, 5.41) is 25.4. The van der Waals surface area contributed by atoms with Crippen LogP contribution in [0.25, 0.3) is 6.08 Å². The molecular formula is C24H17FN4O5. The molecule has 34 heavy (non-hydrogen) atoms. The predicted octanol–water partition coefficient (Wildman–Crippen LogP) is 4.30. The number of hydrogen-bond donors (Lipinski definition) is 2. The number of nitriles is 1. The molecule has 3 aromatic rings. The molecule has 0 saturated heterocycles. The highest BCUT2D eigenvalue weighted by atomic mass is 19.1. The van der Waals surface area contributed by atoms with Crippen molar-refractivity contribution in [1.82, 2.24) is 0 Å². The summed E-state index contributed by atoms with van der Waals surface area (Å²) in [6.45, 7) is -0.371. The summed E-state index contributed by atoms with van der Waals surface area (Å²) in [7, 11) is 0. The Morgan fingerprint density at radius 2 is 1.76 bits per heavy atom. The Kier molecular flexibility index (Phi) is 7.65. The highest BCUT2D eigenvalue weighted by molar-refractivity contribution is 6.10. The summed E-state index contributed by atoms with van der Waals surface area (Å²) in [5.74, 6) is -1.45. The lowest BCUT2D eigenvalue weighted by molar-refractivity contribution is -0.384. The first-order valence-corrected chi connectivity index (χ1v) is 9.80. The van der Waals surface area contributed by atoms with Crippen LogP contribution in [-0.2, 0) is 9.59 Å². The van der Waals surface area contributed by atoms with Gasteiger partial charge in [-0.05, 0) is 42.5 Å². The zero-order valence-corrected chi connectivity index (χ0v) is 17.5. The van der Waals surface area contributed by atoms with Crippen LogP contribution in [0.15, 0.2) is 78.4 Å². The van der Waals surface area contributed by atoms with Gasteiger partial charge in [0.1, 0.15) is 23.2 Å². The molecule has 3 rings (SSSR count). The van der Waals surface area contributed by atoms with Gasteiger partial charge in [-0.15, -0.1) is 0 Å². The van der Waals surface area contributed by atoms with Crippen molar-refractivity contribution in [3.8, 4) is 11.8 Å². The van der Waals surface area contributed by atoms with Gasteiger partial charge in [0.05, 0.1) is 4.92 Å². The van der Waals surface area contributed by atoms with Crippen molar-refractivity contribution in [1.29, 1.82) is 5.26 Å². The summed E-state index contributed by atoms with van der Waals surface area (Å²) in [5.41, 5.74) is 0.425. The molecule has 10 heteroatoms. The van der Waals surface area contributed by atoms with E-state index >= 15 is 0 Å². The van der Waals surface area contributed by atoms with Crippen molar-refractivity contribution in [3.63, 3.8) is 0 Å². The molecule has 2 amide bonds. The molecule has 2 N–H and O–H groups in total. The van der Waals surface area contributed by atoms with E-state index in [9.17, 15) is 29.4 Å². The van der Waals surface area contributed by atoms with Crippen LogP contribution >= 0.6 is 0 Å². The fraction of sp³-hybridized carbons (Fsp3) is 0.0417. The number of benzene rings is 3. The number of amides is 2. The number of nitrogens with one attached hydrogen (secondary N) is 2. The minimum atomic E-state index is -0.771. The van der Waals surface area contributed by atoms with Gasteiger partial charge in [-0.2, -0.15) is 5.26 Å². The molecule has 170 valence electrons. The molecule has 0 aliphatic heterocycles. The van der Waals surface area contributed by atoms with Crippen molar-refractivity contribution in [2.24, 2.45) is 0 Å². The fourth-order valence-corrected chi connectivity index (χ4v) is 2.80. The van der Waals surface area contributed by atoms with Gasteiger partial charge in [0.25, 0.3) is 17.5 Å². The third-order valence-electron chi connectivity index (χ3n) is 4.39. The van der Waals surface area contributed by atoms with Crippen LogP contribution in [0.1, 0.15) is 5.56 Å². The number of carbonyl (C=O) groups is 2. The highest BCUT2D eigenvalue weighted by Crippen LogP contribution is 2.22. The lowest BCUT2D eigenvalue weighted by atomic mass is 10.1. The second-order valence-corrected chi connectivity index (χ2v) is 6.81. The number of nitro groups is 1. The minimum Gasteiger partial charge on any atom is -0.483 e. The first-order valence-electron chi connectivity index (χ1n) is 9.80. The van der Waals surface area contributed by atoms with E-state index in [2.05, 4.69) is 10.6 Å². The van der Waals surface area contributed by atoms with Crippen molar-refractivity contribution in [2.75, 3.05) is 17.2 Å². The smallest absolute Gasteiger partial charge is 0.271 e. The summed E-state index contributed by atoms with van der Waals surface area (Å²) in [4.78, 5) is 35.0. The number of non-ortho nitro benzene ring substituents is 1. The van der Waals surface area contributed by atoms with Crippen LogP contribution in [0.3, 0.4) is 0 Å². The number of hydrogen-bond acceptors (Lipinski definition) is 6. The fourth-order valence-electron chi connectivity index (χ4n) is 2.80. The third-order valence-corrected chi connectivity index (χ3v) is 4.39. The Morgan fingerprint density at radius 3 is 2.47 bits per heavy atom. The monoisotopic (exact) mass is 460 g/mol. The molecule has 0 aromatic heterocycles. The quantitative estimate of drug-likeness (QED) is 0.223. The van der Waals surface area contributed by atoms with Gasteiger partial charge in [-0.25, -0.2) is 4.39 Å². The second-order valence-electron chi connectivity index (χ2n) is 6.81. The molecule has 0 aliphatic carbocycles. The summed E-state index contributed by atoms with van der Waals surface area (Å²) in [6, 6.07) is 18.8. The number of halogens is 1. The SMILES string of the molecule is N#C/C(=C/c1ccccc1OCC(=O)Nc1ccc(F)cc1)C(=O)Nc1cccc([N+](=O)[O-])c1. The number of ether oxygens (including phenoxy) is 1. The average molecular weight is 460 g/mol. The molecule has 0 fully saturated rings. The van der Waals surface area contributed by atoms with Crippen LogP contribution in [-0.4, -0.2) is 23.3 Å². The zero-order chi connectivity index (χ0) is 24.5. The van der Waals surface area contributed by atoms with Crippen LogP contribution in [0.4, 0.5) is 21.5 Å². The number of carbonyl (C=O) groups excluding carboxylic acids is 2. The highest BCUT2D eigenvalue weighted by Gasteiger charge is 2.14. The molecule has 0 spiro atoms. The molecule has 0 radical (unpaired) electrons. The molecule has 9 nitrogen and oxygen atoms in total. The summed E-state index contributed by atoms with van der Waals surface area (Å²) < 4.78 is 18.5. The normalized spacial score (nSPS) is 10.6. The van der Waals surface area contributed by atoms with Crippen molar-refractivity contribution in [2.45, 2.75) is 0 Å². The number of para-hydroxylation sites is 1. The largest absolute Gasteiger partial charge is 0.483 e. The summed E-state index contributed by atoms with van der Waals surface area (Å²) in [6.07, 6.45) is 1.28. The van der Waals surface area contributed by atoms with E-state index in [0.717, 1.165) is 0 Å². The number of nitrogens with zero attached hydrogens (tertiary/aromatic N) is 2. The number of nitro benzene ring substituents is 1. The van der Waals surface area contributed by atoms with Crippen molar-refractivity contribution >= 4 is 35.0 Å². The molecule has 0 bridgehead atoms. The Hall–Kier alpha value is -5.04. The average Bonchev–Trinajstić information content (AvgIpc) is 2.83. The van der Waals surface area contributed by atoms with E-state index in [4.69, 9.17) is 4.74 Å². The minimum absolute atomic E-state index is 0.155. The van der Waals surface area contributed by atoms with Gasteiger partial charge in [0.2, 0.25) is 0 Å². The number of anilines is 2.